The Labute approximate surface area is 110 Å². The molecule has 1 aromatic carbocycles. The van der Waals surface area contributed by atoms with Gasteiger partial charge in [-0.05, 0) is 29.9 Å². The maximum Gasteiger partial charge on any atom is 0.173 e. The van der Waals surface area contributed by atoms with Gasteiger partial charge in [-0.1, -0.05) is 45.9 Å². The van der Waals surface area contributed by atoms with Gasteiger partial charge in [0.15, 0.2) is 5.78 Å². The third-order valence-electron chi connectivity index (χ3n) is 3.13. The first-order valence-electron chi connectivity index (χ1n) is 6.53. The van der Waals surface area contributed by atoms with Crippen molar-refractivity contribution in [2.45, 2.75) is 53.4 Å². The Morgan fingerprint density at radius 2 is 1.44 bits per heavy atom. The number of rotatable bonds is 4. The molecule has 98 valence electrons. The third kappa shape index (κ3) is 3.28. The molecule has 1 aromatic rings. The van der Waals surface area contributed by atoms with Gasteiger partial charge in [-0.3, -0.25) is 4.79 Å². The molecule has 0 spiro atoms. The average molecular weight is 245 g/mol. The molecule has 0 aromatic heterocycles. The smallest absolute Gasteiger partial charge is 0.173 e. The fourth-order valence-corrected chi connectivity index (χ4v) is 1.89. The van der Waals surface area contributed by atoms with Gasteiger partial charge in [0.2, 0.25) is 0 Å². The minimum absolute atomic E-state index is 0.0308. The Balaban J connectivity index is 3.45. The van der Waals surface area contributed by atoms with E-state index in [1.165, 1.54) is 11.1 Å². The second-order valence-corrected chi connectivity index (χ2v) is 5.35. The normalized spacial score (nSPS) is 12.3. The molecule has 0 heterocycles. The van der Waals surface area contributed by atoms with Crippen LogP contribution in [0.25, 0.3) is 0 Å². The predicted octanol–water partition coefficient (Wildman–Crippen LogP) is 4.61. The van der Waals surface area contributed by atoms with E-state index in [0.717, 1.165) is 5.69 Å². The van der Waals surface area contributed by atoms with Crippen LogP contribution in [0.3, 0.4) is 0 Å². The van der Waals surface area contributed by atoms with Gasteiger partial charge in [-0.25, -0.2) is 4.99 Å². The van der Waals surface area contributed by atoms with Crippen LogP contribution in [-0.4, -0.2) is 11.5 Å². The zero-order chi connectivity index (χ0) is 13.9. The Hall–Kier alpha value is -1.44. The van der Waals surface area contributed by atoms with Gasteiger partial charge in [0.1, 0.15) is 0 Å². The van der Waals surface area contributed by atoms with Gasteiger partial charge in [0.05, 0.1) is 11.4 Å². The number of nitrogens with zero attached hydrogens (tertiary/aromatic N) is 1. The monoisotopic (exact) mass is 245 g/mol. The van der Waals surface area contributed by atoms with Crippen molar-refractivity contribution >= 4 is 17.2 Å². The van der Waals surface area contributed by atoms with E-state index in [0.29, 0.717) is 17.5 Å². The first-order chi connectivity index (χ1) is 8.34. The second kappa shape index (κ2) is 5.94. The summed E-state index contributed by atoms with van der Waals surface area (Å²) in [6.07, 6.45) is 0. The molecule has 0 unspecified atom stereocenters. The maximum absolute atomic E-state index is 11.4. The summed E-state index contributed by atoms with van der Waals surface area (Å²) in [5.74, 6) is 0.840. The lowest BCUT2D eigenvalue weighted by atomic mass is 9.93. The largest absolute Gasteiger partial charge is 0.293 e. The summed E-state index contributed by atoms with van der Waals surface area (Å²) >= 11 is 0. The summed E-state index contributed by atoms with van der Waals surface area (Å²) in [6, 6.07) is 6.28. The number of carbonyl (C=O) groups excluding carboxylic acids is 1. The summed E-state index contributed by atoms with van der Waals surface area (Å²) in [6.45, 7) is 12.0. The molecule has 0 amide bonds. The molecule has 0 aliphatic carbocycles. The fraction of sp³-hybridized carbons (Fsp3) is 0.500. The fourth-order valence-electron chi connectivity index (χ4n) is 1.89. The van der Waals surface area contributed by atoms with Crippen molar-refractivity contribution in [1.29, 1.82) is 0 Å². The molecule has 0 saturated carbocycles. The molecule has 0 atom stereocenters. The average Bonchev–Trinajstić information content (AvgIpc) is 2.28. The van der Waals surface area contributed by atoms with Crippen LogP contribution < -0.4 is 0 Å². The van der Waals surface area contributed by atoms with Crippen molar-refractivity contribution in [3.05, 3.63) is 29.3 Å². The van der Waals surface area contributed by atoms with Crippen molar-refractivity contribution < 1.29 is 4.79 Å². The Bertz CT molecular complexity index is 444. The van der Waals surface area contributed by atoms with Gasteiger partial charge in [-0.2, -0.15) is 0 Å². The van der Waals surface area contributed by atoms with Gasteiger partial charge >= 0.3 is 0 Å². The second-order valence-electron chi connectivity index (χ2n) is 5.35. The van der Waals surface area contributed by atoms with E-state index in [4.69, 9.17) is 0 Å². The zero-order valence-corrected chi connectivity index (χ0v) is 12.2. The van der Waals surface area contributed by atoms with Crippen LogP contribution in [0.5, 0.6) is 0 Å². The van der Waals surface area contributed by atoms with Crippen molar-refractivity contribution in [2.24, 2.45) is 4.99 Å². The van der Waals surface area contributed by atoms with Crippen molar-refractivity contribution in [2.75, 3.05) is 0 Å². The molecule has 0 N–H and O–H groups in total. The predicted molar refractivity (Wildman–Crippen MR) is 78.1 cm³/mol. The standard InChI is InChI=1S/C16H23NO/c1-10(2)14-8-7-9-15(11(3)4)16(14)17-12(5)13(6)18/h7-11H,1-6H3/b17-12-. The quantitative estimate of drug-likeness (QED) is 0.712. The van der Waals surface area contributed by atoms with Crippen molar-refractivity contribution in [3.8, 4) is 0 Å². The minimum Gasteiger partial charge on any atom is -0.293 e. The molecular weight excluding hydrogens is 222 g/mol. The highest BCUT2D eigenvalue weighted by molar-refractivity contribution is 6.38. The topological polar surface area (TPSA) is 29.4 Å². The number of ketones is 1. The molecule has 0 saturated heterocycles. The van der Waals surface area contributed by atoms with Crippen LogP contribution in [-0.2, 0) is 4.79 Å². The van der Waals surface area contributed by atoms with E-state index >= 15 is 0 Å². The molecule has 2 heteroatoms. The summed E-state index contributed by atoms with van der Waals surface area (Å²) in [5.41, 5.74) is 3.98. The lowest BCUT2D eigenvalue weighted by molar-refractivity contribution is -0.111. The van der Waals surface area contributed by atoms with Gasteiger partial charge in [0.25, 0.3) is 0 Å². The molecule has 18 heavy (non-hydrogen) atoms. The number of hydrogen-bond donors (Lipinski definition) is 0. The molecule has 0 fully saturated rings. The number of aliphatic imine (C=N–C) groups is 1. The number of benzene rings is 1. The molecule has 0 radical (unpaired) electrons. The zero-order valence-electron chi connectivity index (χ0n) is 12.2. The third-order valence-corrected chi connectivity index (χ3v) is 3.13. The lowest BCUT2D eigenvalue weighted by Gasteiger charge is -2.16. The Morgan fingerprint density at radius 1 is 1.00 bits per heavy atom. The SMILES string of the molecule is CC(=O)/C(C)=N\c1c(C(C)C)cccc1C(C)C. The first kappa shape index (κ1) is 14.6. The van der Waals surface area contributed by atoms with Crippen LogP contribution >= 0.6 is 0 Å². The number of carbonyl (C=O) groups is 1. The van der Waals surface area contributed by atoms with Crippen LogP contribution in [0.15, 0.2) is 23.2 Å². The highest BCUT2D eigenvalue weighted by Gasteiger charge is 2.13. The molecule has 0 aliphatic heterocycles. The van der Waals surface area contributed by atoms with E-state index in [2.05, 4.69) is 50.9 Å². The van der Waals surface area contributed by atoms with Crippen molar-refractivity contribution in [1.82, 2.24) is 0 Å². The molecule has 0 bridgehead atoms. The summed E-state index contributed by atoms with van der Waals surface area (Å²) in [4.78, 5) is 15.9. The maximum atomic E-state index is 11.4. The lowest BCUT2D eigenvalue weighted by Crippen LogP contribution is -2.05. The number of para-hydroxylation sites is 1. The number of Topliss-reactive ketones (excluding diaryl/α,β-unsaturated/α-hetero) is 1. The number of hydrogen-bond acceptors (Lipinski definition) is 2. The summed E-state index contributed by atoms with van der Waals surface area (Å²) in [7, 11) is 0. The Morgan fingerprint density at radius 3 is 1.78 bits per heavy atom. The highest BCUT2D eigenvalue weighted by atomic mass is 16.1. The van der Waals surface area contributed by atoms with Crippen LogP contribution in [0, 0.1) is 0 Å². The van der Waals surface area contributed by atoms with Crippen LogP contribution in [0.1, 0.15) is 64.5 Å². The van der Waals surface area contributed by atoms with Gasteiger partial charge in [-0.15, -0.1) is 0 Å². The summed E-state index contributed by atoms with van der Waals surface area (Å²) in [5, 5.41) is 0. The molecule has 0 aliphatic rings. The van der Waals surface area contributed by atoms with Crippen molar-refractivity contribution in [3.63, 3.8) is 0 Å². The van der Waals surface area contributed by atoms with Crippen LogP contribution in [0.2, 0.25) is 0 Å². The molecule has 2 nitrogen and oxygen atoms in total. The molecular formula is C16H23NO. The van der Waals surface area contributed by atoms with E-state index in [1.807, 2.05) is 0 Å². The van der Waals surface area contributed by atoms with E-state index in [9.17, 15) is 4.79 Å². The Kier molecular flexibility index (Phi) is 4.83. The molecule has 1 rings (SSSR count). The van der Waals surface area contributed by atoms with E-state index in [-0.39, 0.29) is 5.78 Å². The first-order valence-corrected chi connectivity index (χ1v) is 6.53. The minimum atomic E-state index is 0.0308. The van der Waals surface area contributed by atoms with Gasteiger partial charge in [0, 0.05) is 6.92 Å². The summed E-state index contributed by atoms with van der Waals surface area (Å²) < 4.78 is 0. The highest BCUT2D eigenvalue weighted by Crippen LogP contribution is 2.34. The van der Waals surface area contributed by atoms with Gasteiger partial charge < -0.3 is 0 Å². The van der Waals surface area contributed by atoms with E-state index < -0.39 is 0 Å². The van der Waals surface area contributed by atoms with Crippen LogP contribution in [0.4, 0.5) is 5.69 Å². The van der Waals surface area contributed by atoms with E-state index in [1.54, 1.807) is 13.8 Å².